The fraction of sp³-hybridized carbons (Fsp3) is 0.667. The molecule has 1 fully saturated rings. The van der Waals surface area contributed by atoms with Crippen molar-refractivity contribution < 1.29 is 0 Å². The summed E-state index contributed by atoms with van der Waals surface area (Å²) >= 11 is 0. The van der Waals surface area contributed by atoms with Crippen molar-refractivity contribution in [2.24, 2.45) is 5.92 Å². The lowest BCUT2D eigenvalue weighted by atomic mass is 9.97. The molecule has 1 aromatic heterocycles. The van der Waals surface area contributed by atoms with E-state index >= 15 is 0 Å². The van der Waals surface area contributed by atoms with E-state index in [1.807, 2.05) is 18.5 Å². The van der Waals surface area contributed by atoms with E-state index in [0.717, 1.165) is 19.0 Å². The number of likely N-dealkylation sites (tertiary alicyclic amines) is 1. The Morgan fingerprint density at radius 1 is 1.50 bits per heavy atom. The van der Waals surface area contributed by atoms with Gasteiger partial charge in [-0.3, -0.25) is 9.88 Å². The molecule has 3 nitrogen and oxygen atoms in total. The highest BCUT2D eigenvalue weighted by molar-refractivity contribution is 5.08. The molecule has 0 amide bonds. The molecular formula is C15H25N3. The predicted octanol–water partition coefficient (Wildman–Crippen LogP) is 2.29. The molecule has 1 saturated heterocycles. The molecule has 1 unspecified atom stereocenters. The summed E-state index contributed by atoms with van der Waals surface area (Å²) in [5, 5.41) is 3.56. The molecule has 1 atom stereocenters. The molecule has 0 aliphatic carbocycles. The van der Waals surface area contributed by atoms with Gasteiger partial charge in [0, 0.05) is 31.5 Å². The number of aromatic nitrogens is 1. The van der Waals surface area contributed by atoms with Crippen LogP contribution in [0.5, 0.6) is 0 Å². The van der Waals surface area contributed by atoms with Gasteiger partial charge in [0.25, 0.3) is 0 Å². The van der Waals surface area contributed by atoms with E-state index in [9.17, 15) is 0 Å². The molecule has 1 N–H and O–H groups in total. The molecule has 0 bridgehead atoms. The van der Waals surface area contributed by atoms with Crippen LogP contribution in [0.2, 0.25) is 0 Å². The zero-order valence-electron chi connectivity index (χ0n) is 11.6. The summed E-state index contributed by atoms with van der Waals surface area (Å²) < 4.78 is 0. The summed E-state index contributed by atoms with van der Waals surface area (Å²) in [6.45, 7) is 9.08. The Labute approximate surface area is 111 Å². The first-order valence-corrected chi connectivity index (χ1v) is 7.08. The lowest BCUT2D eigenvalue weighted by Crippen LogP contribution is -2.40. The van der Waals surface area contributed by atoms with Crippen LogP contribution in [0.15, 0.2) is 24.5 Å². The minimum atomic E-state index is 0.596. The van der Waals surface area contributed by atoms with Gasteiger partial charge in [-0.25, -0.2) is 0 Å². The third kappa shape index (κ3) is 4.39. The smallest absolute Gasteiger partial charge is 0.0312 e. The fourth-order valence-corrected chi connectivity index (χ4v) is 2.61. The third-order valence-corrected chi connectivity index (χ3v) is 3.55. The van der Waals surface area contributed by atoms with Gasteiger partial charge in [0.2, 0.25) is 0 Å². The van der Waals surface area contributed by atoms with Crippen molar-refractivity contribution in [2.45, 2.75) is 39.3 Å². The van der Waals surface area contributed by atoms with E-state index < -0.39 is 0 Å². The summed E-state index contributed by atoms with van der Waals surface area (Å²) in [6.07, 6.45) is 6.51. The van der Waals surface area contributed by atoms with Crippen LogP contribution in [0.3, 0.4) is 0 Å². The molecule has 3 heteroatoms. The topological polar surface area (TPSA) is 28.2 Å². The first kappa shape index (κ1) is 13.5. The second-order valence-electron chi connectivity index (χ2n) is 5.67. The SMILES string of the molecule is CC(C)NCC1CCCN(Cc2cccnc2)C1. The van der Waals surface area contributed by atoms with Crippen LogP contribution in [-0.4, -0.2) is 35.6 Å². The van der Waals surface area contributed by atoms with E-state index in [0.29, 0.717) is 6.04 Å². The number of nitrogens with zero attached hydrogens (tertiary/aromatic N) is 2. The molecule has 2 rings (SSSR count). The Hall–Kier alpha value is -0.930. The van der Waals surface area contributed by atoms with Crippen molar-refractivity contribution in [3.63, 3.8) is 0 Å². The molecule has 0 radical (unpaired) electrons. The number of hydrogen-bond donors (Lipinski definition) is 1. The van der Waals surface area contributed by atoms with Crippen LogP contribution in [0.25, 0.3) is 0 Å². The molecule has 100 valence electrons. The van der Waals surface area contributed by atoms with E-state index in [2.05, 4.69) is 35.1 Å². The Morgan fingerprint density at radius 2 is 2.39 bits per heavy atom. The molecule has 0 spiro atoms. The molecular weight excluding hydrogens is 222 g/mol. The quantitative estimate of drug-likeness (QED) is 0.865. The normalized spacial score (nSPS) is 21.4. The first-order valence-electron chi connectivity index (χ1n) is 7.08. The van der Waals surface area contributed by atoms with E-state index in [4.69, 9.17) is 0 Å². The summed E-state index contributed by atoms with van der Waals surface area (Å²) in [7, 11) is 0. The van der Waals surface area contributed by atoms with Crippen molar-refractivity contribution in [3.05, 3.63) is 30.1 Å². The Morgan fingerprint density at radius 3 is 3.11 bits per heavy atom. The Balaban J connectivity index is 1.79. The summed E-state index contributed by atoms with van der Waals surface area (Å²) in [4.78, 5) is 6.75. The third-order valence-electron chi connectivity index (χ3n) is 3.55. The van der Waals surface area contributed by atoms with Crippen LogP contribution in [0, 0.1) is 5.92 Å². The van der Waals surface area contributed by atoms with Crippen molar-refractivity contribution in [2.75, 3.05) is 19.6 Å². The van der Waals surface area contributed by atoms with Crippen molar-refractivity contribution in [1.82, 2.24) is 15.2 Å². The first-order chi connectivity index (χ1) is 8.74. The van der Waals surface area contributed by atoms with Crippen LogP contribution >= 0.6 is 0 Å². The zero-order chi connectivity index (χ0) is 12.8. The van der Waals surface area contributed by atoms with Gasteiger partial charge < -0.3 is 5.32 Å². The van der Waals surface area contributed by atoms with E-state index in [-0.39, 0.29) is 0 Å². The van der Waals surface area contributed by atoms with Gasteiger partial charge in [0.05, 0.1) is 0 Å². The van der Waals surface area contributed by atoms with Gasteiger partial charge in [0.1, 0.15) is 0 Å². The van der Waals surface area contributed by atoms with Gasteiger partial charge in [-0.05, 0) is 43.5 Å². The monoisotopic (exact) mass is 247 g/mol. The Bertz CT molecular complexity index is 337. The second-order valence-corrected chi connectivity index (χ2v) is 5.67. The van der Waals surface area contributed by atoms with E-state index in [1.54, 1.807) is 0 Å². The second kappa shape index (κ2) is 6.86. The minimum absolute atomic E-state index is 0.596. The van der Waals surface area contributed by atoms with Gasteiger partial charge >= 0.3 is 0 Å². The number of piperidine rings is 1. The van der Waals surface area contributed by atoms with E-state index in [1.165, 1.54) is 31.5 Å². The standard InChI is InChI=1S/C15H25N3/c1-13(2)17-10-15-6-4-8-18(12-15)11-14-5-3-7-16-9-14/h3,5,7,9,13,15,17H,4,6,8,10-12H2,1-2H3. The summed E-state index contributed by atoms with van der Waals surface area (Å²) in [6, 6.07) is 4.79. The lowest BCUT2D eigenvalue weighted by molar-refractivity contribution is 0.164. The van der Waals surface area contributed by atoms with Gasteiger partial charge in [-0.2, -0.15) is 0 Å². The minimum Gasteiger partial charge on any atom is -0.314 e. The van der Waals surface area contributed by atoms with Gasteiger partial charge in [0.15, 0.2) is 0 Å². The van der Waals surface area contributed by atoms with Gasteiger partial charge in [-0.15, -0.1) is 0 Å². The van der Waals surface area contributed by atoms with Gasteiger partial charge in [-0.1, -0.05) is 19.9 Å². The summed E-state index contributed by atoms with van der Waals surface area (Å²) in [5.74, 6) is 0.804. The van der Waals surface area contributed by atoms with Crippen LogP contribution in [0.1, 0.15) is 32.3 Å². The maximum atomic E-state index is 4.19. The van der Waals surface area contributed by atoms with Crippen molar-refractivity contribution >= 4 is 0 Å². The number of rotatable bonds is 5. The van der Waals surface area contributed by atoms with Crippen LogP contribution in [-0.2, 0) is 6.54 Å². The average Bonchev–Trinajstić information content (AvgIpc) is 2.38. The highest BCUT2D eigenvalue weighted by Gasteiger charge is 2.19. The van der Waals surface area contributed by atoms with Crippen LogP contribution < -0.4 is 5.32 Å². The highest BCUT2D eigenvalue weighted by Crippen LogP contribution is 2.17. The molecule has 0 aromatic carbocycles. The molecule has 1 aromatic rings. The fourth-order valence-electron chi connectivity index (χ4n) is 2.61. The predicted molar refractivity (Wildman–Crippen MR) is 75.4 cm³/mol. The molecule has 1 aliphatic heterocycles. The zero-order valence-corrected chi connectivity index (χ0v) is 11.6. The number of pyridine rings is 1. The maximum Gasteiger partial charge on any atom is 0.0312 e. The van der Waals surface area contributed by atoms with Crippen molar-refractivity contribution in [1.29, 1.82) is 0 Å². The molecule has 1 aliphatic rings. The number of hydrogen-bond acceptors (Lipinski definition) is 3. The van der Waals surface area contributed by atoms with Crippen LogP contribution in [0.4, 0.5) is 0 Å². The van der Waals surface area contributed by atoms with Crippen molar-refractivity contribution in [3.8, 4) is 0 Å². The largest absolute Gasteiger partial charge is 0.314 e. The highest BCUT2D eigenvalue weighted by atomic mass is 15.1. The Kier molecular flexibility index (Phi) is 5.14. The molecule has 2 heterocycles. The lowest BCUT2D eigenvalue weighted by Gasteiger charge is -2.33. The number of nitrogens with one attached hydrogen (secondary N) is 1. The molecule has 18 heavy (non-hydrogen) atoms. The summed E-state index contributed by atoms with van der Waals surface area (Å²) in [5.41, 5.74) is 1.33. The maximum absolute atomic E-state index is 4.19. The average molecular weight is 247 g/mol. The molecule has 0 saturated carbocycles.